The molecule has 2 fully saturated rings. The number of carbonyl (C=O) groups excluding carboxylic acids is 1. The summed E-state index contributed by atoms with van der Waals surface area (Å²) in [6, 6.07) is 3.35. The molecule has 1 N–H and O–H groups in total. The fraction of sp³-hybridized carbons (Fsp3) is 0.556. The van der Waals surface area contributed by atoms with Crippen LogP contribution in [0.1, 0.15) is 30.4 Å². The summed E-state index contributed by atoms with van der Waals surface area (Å²) < 4.78 is 14.4. The summed E-state index contributed by atoms with van der Waals surface area (Å²) in [4.78, 5) is 27.3. The van der Waals surface area contributed by atoms with E-state index in [9.17, 15) is 19.1 Å². The highest BCUT2D eigenvalue weighted by atomic mass is 35.5. The summed E-state index contributed by atoms with van der Waals surface area (Å²) in [5.41, 5.74) is 0.400. The molecular formula is C18H22ClFN2O3. The van der Waals surface area contributed by atoms with Gasteiger partial charge in [-0.3, -0.25) is 14.5 Å². The average molecular weight is 369 g/mol. The molecule has 0 saturated carbocycles. The van der Waals surface area contributed by atoms with Crippen molar-refractivity contribution < 1.29 is 19.1 Å². The second kappa shape index (κ2) is 6.57. The van der Waals surface area contributed by atoms with E-state index in [0.29, 0.717) is 48.6 Å². The van der Waals surface area contributed by atoms with Gasteiger partial charge in [-0.25, -0.2) is 4.39 Å². The minimum absolute atomic E-state index is 0.0597. The number of hydrogen-bond donors (Lipinski definition) is 1. The van der Waals surface area contributed by atoms with E-state index in [1.807, 2.05) is 0 Å². The van der Waals surface area contributed by atoms with Crippen molar-refractivity contribution in [3.05, 3.63) is 34.1 Å². The molecule has 1 spiro atoms. The largest absolute Gasteiger partial charge is 0.481 e. The van der Waals surface area contributed by atoms with Crippen LogP contribution in [0.25, 0.3) is 0 Å². The predicted octanol–water partition coefficient (Wildman–Crippen LogP) is 2.69. The van der Waals surface area contributed by atoms with Crippen LogP contribution >= 0.6 is 11.6 Å². The van der Waals surface area contributed by atoms with Crippen molar-refractivity contribution in [2.24, 2.45) is 5.92 Å². The topological polar surface area (TPSA) is 60.9 Å². The molecule has 5 nitrogen and oxygen atoms in total. The highest BCUT2D eigenvalue weighted by molar-refractivity contribution is 6.31. The zero-order valence-electron chi connectivity index (χ0n) is 14.4. The highest BCUT2D eigenvalue weighted by Crippen LogP contribution is 2.43. The minimum atomic E-state index is -0.918. The Hall–Kier alpha value is -1.66. The van der Waals surface area contributed by atoms with Crippen molar-refractivity contribution in [2.45, 2.75) is 38.3 Å². The fourth-order valence-electron chi connectivity index (χ4n) is 4.17. The number of piperidine rings is 1. The van der Waals surface area contributed by atoms with Crippen LogP contribution in [0.4, 0.5) is 4.39 Å². The van der Waals surface area contributed by atoms with E-state index >= 15 is 0 Å². The molecular weight excluding hydrogens is 347 g/mol. The van der Waals surface area contributed by atoms with Gasteiger partial charge in [0.25, 0.3) is 0 Å². The maximum Gasteiger partial charge on any atom is 0.309 e. The highest BCUT2D eigenvalue weighted by Gasteiger charge is 2.55. The third kappa shape index (κ3) is 3.02. The normalized spacial score (nSPS) is 23.4. The van der Waals surface area contributed by atoms with Crippen LogP contribution in [0.2, 0.25) is 5.02 Å². The van der Waals surface area contributed by atoms with E-state index in [0.717, 1.165) is 0 Å². The number of rotatable bonds is 3. The predicted molar refractivity (Wildman–Crippen MR) is 91.9 cm³/mol. The number of carboxylic acids is 1. The smallest absolute Gasteiger partial charge is 0.309 e. The molecule has 0 bridgehead atoms. The summed E-state index contributed by atoms with van der Waals surface area (Å²) in [6.45, 7) is 3.30. The van der Waals surface area contributed by atoms with Crippen LogP contribution in [-0.4, -0.2) is 52.5 Å². The maximum absolute atomic E-state index is 14.4. The van der Waals surface area contributed by atoms with E-state index in [1.165, 1.54) is 0 Å². The first-order chi connectivity index (χ1) is 11.8. The monoisotopic (exact) mass is 368 g/mol. The summed E-state index contributed by atoms with van der Waals surface area (Å²) in [7, 11) is 1.69. The second-order valence-electron chi connectivity index (χ2n) is 7.08. The van der Waals surface area contributed by atoms with Gasteiger partial charge < -0.3 is 10.0 Å². The first-order valence-electron chi connectivity index (χ1n) is 8.41. The fourth-order valence-corrected chi connectivity index (χ4v) is 4.37. The molecule has 0 radical (unpaired) electrons. The Morgan fingerprint density at radius 3 is 2.64 bits per heavy atom. The summed E-state index contributed by atoms with van der Waals surface area (Å²) in [6.07, 6.45) is 1.19. The molecule has 0 unspecified atom stereocenters. The van der Waals surface area contributed by atoms with Crippen LogP contribution in [0.3, 0.4) is 0 Å². The zero-order valence-corrected chi connectivity index (χ0v) is 15.1. The van der Waals surface area contributed by atoms with Gasteiger partial charge in [0.05, 0.1) is 11.5 Å². The Bertz CT molecular complexity index is 717. The first-order valence-corrected chi connectivity index (χ1v) is 8.79. The van der Waals surface area contributed by atoms with Gasteiger partial charge in [0.2, 0.25) is 5.91 Å². The van der Waals surface area contributed by atoms with Gasteiger partial charge in [-0.1, -0.05) is 17.7 Å². The van der Waals surface area contributed by atoms with E-state index < -0.39 is 17.4 Å². The van der Waals surface area contributed by atoms with Gasteiger partial charge in [-0.15, -0.1) is 0 Å². The van der Waals surface area contributed by atoms with E-state index in [2.05, 4.69) is 4.90 Å². The lowest BCUT2D eigenvalue weighted by Crippen LogP contribution is -2.56. The molecule has 1 atom stereocenters. The lowest BCUT2D eigenvalue weighted by molar-refractivity contribution is -0.146. The summed E-state index contributed by atoms with van der Waals surface area (Å²) in [5, 5.41) is 9.91. The van der Waals surface area contributed by atoms with Crippen LogP contribution in [0.15, 0.2) is 12.1 Å². The molecule has 3 rings (SSSR count). The molecule has 7 heteroatoms. The molecule has 25 heavy (non-hydrogen) atoms. The summed E-state index contributed by atoms with van der Waals surface area (Å²) >= 11 is 6.15. The van der Waals surface area contributed by atoms with Crippen molar-refractivity contribution in [2.75, 3.05) is 20.1 Å². The average Bonchev–Trinajstić information content (AvgIpc) is 2.82. The SMILES string of the molecule is Cc1ccc(Cl)c(CN2CCC3(CC2)[C@H](C(=O)O)CC(=O)N3C)c1F. The molecule has 2 saturated heterocycles. The molecule has 2 aliphatic heterocycles. The molecule has 2 heterocycles. The Balaban J connectivity index is 1.75. The van der Waals surface area contributed by atoms with Gasteiger partial charge in [0.15, 0.2) is 0 Å². The van der Waals surface area contributed by atoms with Gasteiger partial charge in [-0.05, 0) is 31.4 Å². The van der Waals surface area contributed by atoms with Crippen LogP contribution in [0, 0.1) is 18.7 Å². The van der Waals surface area contributed by atoms with Crippen LogP contribution in [0.5, 0.6) is 0 Å². The number of aliphatic carboxylic acids is 1. The van der Waals surface area contributed by atoms with Crippen molar-refractivity contribution in [3.8, 4) is 0 Å². The number of benzene rings is 1. The van der Waals surface area contributed by atoms with Gasteiger partial charge in [0.1, 0.15) is 5.82 Å². The third-order valence-electron chi connectivity index (χ3n) is 5.85. The first kappa shape index (κ1) is 18.1. The Labute approximate surface area is 151 Å². The maximum atomic E-state index is 14.4. The number of carboxylic acid groups (broad SMARTS) is 1. The lowest BCUT2D eigenvalue weighted by Gasteiger charge is -2.45. The Kier molecular flexibility index (Phi) is 4.77. The van der Waals surface area contributed by atoms with Crippen molar-refractivity contribution >= 4 is 23.5 Å². The molecule has 1 aromatic rings. The number of nitrogens with zero attached hydrogens (tertiary/aromatic N) is 2. The molecule has 1 aromatic carbocycles. The van der Waals surface area contributed by atoms with Gasteiger partial charge >= 0.3 is 5.97 Å². The molecule has 0 aliphatic carbocycles. The Morgan fingerprint density at radius 2 is 2.04 bits per heavy atom. The minimum Gasteiger partial charge on any atom is -0.481 e. The second-order valence-corrected chi connectivity index (χ2v) is 7.49. The molecule has 0 aromatic heterocycles. The standard InChI is InChI=1S/C18H22ClFN2O3/c1-11-3-4-14(19)12(16(11)20)10-22-7-5-18(6-8-22)13(17(24)25)9-15(23)21(18)2/h3-4,13H,5-10H2,1-2H3,(H,24,25)/t13-/m0/s1. The Morgan fingerprint density at radius 1 is 1.40 bits per heavy atom. The van der Waals surface area contributed by atoms with Crippen molar-refractivity contribution in [1.29, 1.82) is 0 Å². The molecule has 136 valence electrons. The van der Waals surface area contributed by atoms with E-state index in [-0.39, 0.29) is 18.1 Å². The van der Waals surface area contributed by atoms with E-state index in [1.54, 1.807) is 31.0 Å². The summed E-state index contributed by atoms with van der Waals surface area (Å²) in [5.74, 6) is -2.00. The number of aryl methyl sites for hydroxylation is 1. The number of likely N-dealkylation sites (tertiary alicyclic amines) is 2. The number of hydrogen-bond acceptors (Lipinski definition) is 3. The zero-order chi connectivity index (χ0) is 18.4. The van der Waals surface area contributed by atoms with Gasteiger partial charge in [-0.2, -0.15) is 0 Å². The van der Waals surface area contributed by atoms with Crippen LogP contribution in [-0.2, 0) is 16.1 Å². The molecule has 1 amide bonds. The van der Waals surface area contributed by atoms with Crippen LogP contribution < -0.4 is 0 Å². The van der Waals surface area contributed by atoms with Crippen molar-refractivity contribution in [3.63, 3.8) is 0 Å². The lowest BCUT2D eigenvalue weighted by atomic mass is 9.77. The third-order valence-corrected chi connectivity index (χ3v) is 6.20. The number of carbonyl (C=O) groups is 2. The number of amides is 1. The van der Waals surface area contributed by atoms with Crippen molar-refractivity contribution in [1.82, 2.24) is 9.80 Å². The quantitative estimate of drug-likeness (QED) is 0.891. The molecule has 2 aliphatic rings. The number of halogens is 2. The van der Waals surface area contributed by atoms with E-state index in [4.69, 9.17) is 11.6 Å². The van der Waals surface area contributed by atoms with Gasteiger partial charge in [0, 0.05) is 43.7 Å².